The van der Waals surface area contributed by atoms with E-state index in [4.69, 9.17) is 9.16 Å². The van der Waals surface area contributed by atoms with Gasteiger partial charge < -0.3 is 9.16 Å². The fraction of sp³-hybridized carbons (Fsp3) is 1.00. The number of epoxide rings is 1. The van der Waals surface area contributed by atoms with Gasteiger partial charge in [-0.1, -0.05) is 13.3 Å². The van der Waals surface area contributed by atoms with Crippen molar-refractivity contribution < 1.29 is 9.16 Å². The van der Waals surface area contributed by atoms with Crippen LogP contribution in [0, 0.1) is 0 Å². The molecule has 1 aliphatic rings. The molecule has 2 unspecified atom stereocenters. The van der Waals surface area contributed by atoms with Crippen LogP contribution in [-0.4, -0.2) is 27.1 Å². The van der Waals surface area contributed by atoms with Crippen LogP contribution in [0.4, 0.5) is 0 Å². The van der Waals surface area contributed by atoms with Crippen LogP contribution >= 0.6 is 0 Å². The highest BCUT2D eigenvalue weighted by molar-refractivity contribution is 6.71. The molecule has 0 amide bonds. The Hall–Kier alpha value is 0.137. The first-order valence-corrected chi connectivity index (χ1v) is 8.44. The normalized spacial score (nSPS) is 24.5. The molecule has 1 fully saturated rings. The summed E-state index contributed by atoms with van der Waals surface area (Å²) in [6.45, 7) is 9.96. The number of ether oxygens (including phenoxy) is 1. The van der Waals surface area contributed by atoms with Crippen molar-refractivity contribution in [3.05, 3.63) is 0 Å². The summed E-state index contributed by atoms with van der Waals surface area (Å²) < 4.78 is 11.3. The lowest BCUT2D eigenvalue weighted by atomic mass is 10.2. The Morgan fingerprint density at radius 2 is 2.15 bits per heavy atom. The van der Waals surface area contributed by atoms with Crippen molar-refractivity contribution >= 4 is 8.32 Å². The van der Waals surface area contributed by atoms with Crippen LogP contribution < -0.4 is 0 Å². The fourth-order valence-corrected chi connectivity index (χ4v) is 4.34. The van der Waals surface area contributed by atoms with Gasteiger partial charge >= 0.3 is 0 Å². The van der Waals surface area contributed by atoms with E-state index in [1.54, 1.807) is 0 Å². The average molecular weight is 202 g/mol. The Balaban J connectivity index is 2.19. The molecule has 0 radical (unpaired) electrons. The molecule has 0 aromatic heterocycles. The third kappa shape index (κ3) is 4.79. The van der Waals surface area contributed by atoms with Gasteiger partial charge in [0.1, 0.15) is 0 Å². The molecule has 1 rings (SSSR count). The lowest BCUT2D eigenvalue weighted by molar-refractivity contribution is 0.185. The highest BCUT2D eigenvalue weighted by atomic mass is 28.4. The molecule has 0 aromatic carbocycles. The van der Waals surface area contributed by atoms with Crippen molar-refractivity contribution in [1.29, 1.82) is 0 Å². The molecule has 0 saturated carbocycles. The molecular weight excluding hydrogens is 180 g/mol. The lowest BCUT2D eigenvalue weighted by Crippen LogP contribution is -2.34. The lowest BCUT2D eigenvalue weighted by Gasteiger charge is -2.26. The van der Waals surface area contributed by atoms with Gasteiger partial charge in [-0.05, 0) is 26.1 Å². The van der Waals surface area contributed by atoms with Crippen molar-refractivity contribution in [3.63, 3.8) is 0 Å². The average Bonchev–Trinajstić information content (AvgIpc) is 2.68. The third-order valence-corrected chi connectivity index (χ3v) is 5.11. The van der Waals surface area contributed by atoms with Crippen LogP contribution in [0.5, 0.6) is 0 Å². The van der Waals surface area contributed by atoms with Crippen LogP contribution in [0.25, 0.3) is 0 Å². The van der Waals surface area contributed by atoms with Gasteiger partial charge in [0.2, 0.25) is 0 Å². The second kappa shape index (κ2) is 4.58. The van der Waals surface area contributed by atoms with E-state index < -0.39 is 8.32 Å². The molecule has 1 saturated heterocycles. The number of hydrogen-bond acceptors (Lipinski definition) is 2. The molecule has 0 aromatic rings. The quantitative estimate of drug-likeness (QED) is 0.488. The van der Waals surface area contributed by atoms with E-state index in [-0.39, 0.29) is 0 Å². The van der Waals surface area contributed by atoms with E-state index in [1.165, 1.54) is 12.5 Å². The fourth-order valence-electron chi connectivity index (χ4n) is 1.83. The number of hydrogen-bond donors (Lipinski definition) is 0. The van der Waals surface area contributed by atoms with Crippen LogP contribution in [0.2, 0.25) is 19.1 Å². The predicted octanol–water partition coefficient (Wildman–Crippen LogP) is 2.80. The van der Waals surface area contributed by atoms with Crippen LogP contribution in [0.15, 0.2) is 0 Å². The van der Waals surface area contributed by atoms with Crippen LogP contribution in [0.3, 0.4) is 0 Å². The molecule has 0 N–H and O–H groups in total. The molecule has 0 bridgehead atoms. The third-order valence-electron chi connectivity index (χ3n) is 2.37. The Morgan fingerprint density at radius 1 is 1.54 bits per heavy atom. The summed E-state index contributed by atoms with van der Waals surface area (Å²) in [6.07, 6.45) is 3.22. The van der Waals surface area contributed by atoms with E-state index >= 15 is 0 Å². The van der Waals surface area contributed by atoms with Gasteiger partial charge in [0, 0.05) is 12.5 Å². The van der Waals surface area contributed by atoms with Crippen molar-refractivity contribution in [3.8, 4) is 0 Å². The molecule has 78 valence electrons. The summed E-state index contributed by atoms with van der Waals surface area (Å²) in [5, 5.41) is 0. The minimum atomic E-state index is -1.36. The minimum Gasteiger partial charge on any atom is -0.415 e. The maximum atomic E-state index is 6.09. The van der Waals surface area contributed by atoms with E-state index in [9.17, 15) is 0 Å². The van der Waals surface area contributed by atoms with Crippen molar-refractivity contribution in [1.82, 2.24) is 0 Å². The van der Waals surface area contributed by atoms with E-state index in [2.05, 4.69) is 26.9 Å². The zero-order valence-corrected chi connectivity index (χ0v) is 10.3. The summed E-state index contributed by atoms with van der Waals surface area (Å²) in [5.74, 6) is 0. The van der Waals surface area contributed by atoms with Gasteiger partial charge in [0.15, 0.2) is 8.32 Å². The first kappa shape index (κ1) is 11.2. The second-order valence-electron chi connectivity index (χ2n) is 4.63. The zero-order chi connectivity index (χ0) is 9.90. The van der Waals surface area contributed by atoms with Gasteiger partial charge in [0.25, 0.3) is 0 Å². The zero-order valence-electron chi connectivity index (χ0n) is 9.30. The molecule has 0 spiro atoms. The van der Waals surface area contributed by atoms with Gasteiger partial charge in [-0.3, -0.25) is 0 Å². The summed E-state index contributed by atoms with van der Waals surface area (Å²) in [5.41, 5.74) is 0. The molecule has 2 atom stereocenters. The topological polar surface area (TPSA) is 21.8 Å². The van der Waals surface area contributed by atoms with Gasteiger partial charge in [-0.15, -0.1) is 0 Å². The van der Waals surface area contributed by atoms with Crippen molar-refractivity contribution in [2.24, 2.45) is 0 Å². The van der Waals surface area contributed by atoms with Crippen LogP contribution in [0.1, 0.15) is 26.7 Å². The molecule has 1 heterocycles. The Labute approximate surface area is 82.7 Å². The SMILES string of the molecule is CCC[Si](C)(C)OC(C)CC1CO1. The first-order chi connectivity index (χ1) is 6.03. The van der Waals surface area contributed by atoms with Gasteiger partial charge in [0.05, 0.1) is 12.7 Å². The Morgan fingerprint density at radius 3 is 2.62 bits per heavy atom. The van der Waals surface area contributed by atoms with Crippen molar-refractivity contribution in [2.45, 2.75) is 58.0 Å². The maximum absolute atomic E-state index is 6.09. The van der Waals surface area contributed by atoms with Gasteiger partial charge in [-0.2, -0.15) is 0 Å². The minimum absolute atomic E-state index is 0.390. The molecule has 13 heavy (non-hydrogen) atoms. The smallest absolute Gasteiger partial charge is 0.187 e. The molecule has 0 aliphatic carbocycles. The summed E-state index contributed by atoms with van der Waals surface area (Å²) in [6, 6.07) is 1.27. The monoisotopic (exact) mass is 202 g/mol. The molecule has 3 heteroatoms. The van der Waals surface area contributed by atoms with E-state index in [1.807, 2.05) is 0 Å². The molecule has 1 aliphatic heterocycles. The van der Waals surface area contributed by atoms with E-state index in [0.29, 0.717) is 12.2 Å². The molecule has 2 nitrogen and oxygen atoms in total. The highest BCUT2D eigenvalue weighted by Crippen LogP contribution is 2.22. The summed E-state index contributed by atoms with van der Waals surface area (Å²) in [7, 11) is -1.36. The second-order valence-corrected chi connectivity index (χ2v) is 8.88. The van der Waals surface area contributed by atoms with E-state index in [0.717, 1.165) is 13.0 Å². The van der Waals surface area contributed by atoms with Crippen LogP contribution in [-0.2, 0) is 9.16 Å². The summed E-state index contributed by atoms with van der Waals surface area (Å²) in [4.78, 5) is 0. The van der Waals surface area contributed by atoms with Gasteiger partial charge in [-0.25, -0.2) is 0 Å². The molecular formula is C10H22O2Si. The Bertz CT molecular complexity index is 155. The standard InChI is InChI=1S/C10H22O2Si/c1-5-6-13(3,4)12-9(2)7-10-8-11-10/h9-10H,5-8H2,1-4H3. The predicted molar refractivity (Wildman–Crippen MR) is 57.5 cm³/mol. The Kier molecular flexibility index (Phi) is 3.95. The summed E-state index contributed by atoms with van der Waals surface area (Å²) >= 11 is 0. The largest absolute Gasteiger partial charge is 0.415 e. The highest BCUT2D eigenvalue weighted by Gasteiger charge is 2.29. The maximum Gasteiger partial charge on any atom is 0.187 e. The van der Waals surface area contributed by atoms with Crippen molar-refractivity contribution in [2.75, 3.05) is 6.61 Å². The number of rotatable bonds is 6. The first-order valence-electron chi connectivity index (χ1n) is 5.33.